The number of halogens is 3. The lowest BCUT2D eigenvalue weighted by Crippen LogP contribution is -1.97. The molecule has 7 heteroatoms. The highest BCUT2D eigenvalue weighted by molar-refractivity contribution is 6.29. The first-order valence-corrected chi connectivity index (χ1v) is 6.08. The average molecular weight is 279 g/mol. The fraction of sp³-hybridized carbons (Fsp3) is 0.455. The van der Waals surface area contributed by atoms with Crippen LogP contribution < -0.4 is 0 Å². The van der Waals surface area contributed by atoms with Crippen LogP contribution in [0.5, 0.6) is 0 Å². The summed E-state index contributed by atoms with van der Waals surface area (Å²) in [6.45, 7) is 5.36. The Morgan fingerprint density at radius 3 is 2.22 bits per heavy atom. The Kier molecular flexibility index (Phi) is 7.94. The van der Waals surface area contributed by atoms with E-state index >= 15 is 0 Å². The Morgan fingerprint density at radius 2 is 1.83 bits per heavy atom. The van der Waals surface area contributed by atoms with Crippen molar-refractivity contribution >= 4 is 11.6 Å². The Bertz CT molecular complexity index is 440. The van der Waals surface area contributed by atoms with E-state index in [4.69, 9.17) is 11.6 Å². The van der Waals surface area contributed by atoms with E-state index in [2.05, 4.69) is 10.2 Å². The molecule has 0 aliphatic rings. The first kappa shape index (κ1) is 16.6. The maximum absolute atomic E-state index is 12.1. The van der Waals surface area contributed by atoms with E-state index in [0.29, 0.717) is 15.5 Å². The van der Waals surface area contributed by atoms with Gasteiger partial charge in [-0.2, -0.15) is 19.0 Å². The predicted molar refractivity (Wildman–Crippen MR) is 68.3 cm³/mol. The molecule has 2 aromatic heterocycles. The van der Waals surface area contributed by atoms with Gasteiger partial charge in [0.15, 0.2) is 5.15 Å². The normalized spacial score (nSPS) is 9.33. The van der Waals surface area contributed by atoms with Crippen molar-refractivity contribution in [1.29, 1.82) is 0 Å². The fourth-order valence-corrected chi connectivity index (χ4v) is 1.14. The van der Waals surface area contributed by atoms with Gasteiger partial charge in [0.25, 0.3) is 0 Å². The van der Waals surface area contributed by atoms with Gasteiger partial charge < -0.3 is 0 Å². The second-order valence-corrected chi connectivity index (χ2v) is 2.93. The van der Waals surface area contributed by atoms with Gasteiger partial charge in [-0.3, -0.25) is 0 Å². The van der Waals surface area contributed by atoms with Gasteiger partial charge in [-0.1, -0.05) is 39.3 Å². The molecule has 4 nitrogen and oxygen atoms in total. The molecule has 2 aromatic rings. The lowest BCUT2D eigenvalue weighted by Gasteiger charge is -1.96. The fourth-order valence-electron chi connectivity index (χ4n) is 0.999. The summed E-state index contributed by atoms with van der Waals surface area (Å²) in [7, 11) is 0. The van der Waals surface area contributed by atoms with Gasteiger partial charge in [-0.05, 0) is 6.07 Å². The van der Waals surface area contributed by atoms with Crippen molar-refractivity contribution < 1.29 is 8.78 Å². The third kappa shape index (κ3) is 4.44. The van der Waals surface area contributed by atoms with Crippen LogP contribution in [0.3, 0.4) is 0 Å². The van der Waals surface area contributed by atoms with E-state index < -0.39 is 6.55 Å². The van der Waals surface area contributed by atoms with E-state index in [0.717, 1.165) is 0 Å². The monoisotopic (exact) mass is 278 g/mol. The zero-order chi connectivity index (χ0) is 14.1. The van der Waals surface area contributed by atoms with Crippen molar-refractivity contribution in [3.63, 3.8) is 0 Å². The summed E-state index contributed by atoms with van der Waals surface area (Å²) in [5.41, 5.74) is 0.442. The first-order valence-electron chi connectivity index (χ1n) is 5.70. The summed E-state index contributed by atoms with van der Waals surface area (Å²) >= 11 is 5.57. The van der Waals surface area contributed by atoms with Gasteiger partial charge in [-0.15, -0.1) is 0 Å². The molecule has 2 heterocycles. The van der Waals surface area contributed by atoms with Crippen molar-refractivity contribution in [2.24, 2.45) is 0 Å². The number of nitrogens with zero attached hydrogens (tertiary/aromatic N) is 4. The smallest absolute Gasteiger partial charge is 0.236 e. The molecule has 18 heavy (non-hydrogen) atoms. The maximum atomic E-state index is 12.1. The molecule has 0 spiro atoms. The zero-order valence-electron chi connectivity index (χ0n) is 10.8. The third-order valence-corrected chi connectivity index (χ3v) is 1.81. The van der Waals surface area contributed by atoms with Gasteiger partial charge in [0.05, 0.1) is 12.4 Å². The van der Waals surface area contributed by atoms with Crippen molar-refractivity contribution in [3.8, 4) is 5.69 Å². The third-order valence-electron chi connectivity index (χ3n) is 1.61. The molecule has 0 aliphatic heterocycles. The van der Waals surface area contributed by atoms with Crippen LogP contribution >= 0.6 is 11.6 Å². The second-order valence-electron chi connectivity index (χ2n) is 2.54. The summed E-state index contributed by atoms with van der Waals surface area (Å²) in [5.74, 6) is 0. The Balaban J connectivity index is 0.000000659. The highest BCUT2D eigenvalue weighted by Gasteiger charge is 2.08. The summed E-state index contributed by atoms with van der Waals surface area (Å²) in [6, 6.07) is 1.56. The number of hydrogen-bond donors (Lipinski definition) is 0. The molecule has 0 saturated heterocycles. The molecule has 0 aromatic carbocycles. The Morgan fingerprint density at radius 1 is 1.22 bits per heavy atom. The molecule has 0 atom stereocenters. The van der Waals surface area contributed by atoms with Gasteiger partial charge in [0.2, 0.25) is 0 Å². The lowest BCUT2D eigenvalue weighted by molar-refractivity contribution is 0.0566. The second kappa shape index (κ2) is 8.63. The minimum absolute atomic E-state index is 0.301. The van der Waals surface area contributed by atoms with Crippen LogP contribution in [0.1, 0.15) is 34.2 Å². The Labute approximate surface area is 110 Å². The molecular weight excluding hydrogens is 262 g/mol. The van der Waals surface area contributed by atoms with Crippen molar-refractivity contribution in [1.82, 2.24) is 19.6 Å². The van der Waals surface area contributed by atoms with Gasteiger partial charge in [0.1, 0.15) is 5.69 Å². The van der Waals surface area contributed by atoms with Gasteiger partial charge >= 0.3 is 6.55 Å². The summed E-state index contributed by atoms with van der Waals surface area (Å²) in [5, 5.41) is 7.60. The minimum Gasteiger partial charge on any atom is -0.236 e. The molecule has 0 aliphatic carbocycles. The lowest BCUT2D eigenvalue weighted by atomic mass is 10.6. The molecule has 0 bridgehead atoms. The number of rotatable bonds is 2. The van der Waals surface area contributed by atoms with Crippen molar-refractivity contribution in [2.45, 2.75) is 34.2 Å². The SMILES string of the molecule is CC.CC.FC(F)n1cc(-n2ccc(Cl)n2)cn1. The Hall–Kier alpha value is -1.43. The van der Waals surface area contributed by atoms with Crippen molar-refractivity contribution in [2.75, 3.05) is 0 Å². The van der Waals surface area contributed by atoms with Crippen LogP contribution in [0.2, 0.25) is 5.15 Å². The molecular formula is C11H17ClF2N4. The molecule has 0 radical (unpaired) electrons. The van der Waals surface area contributed by atoms with Crippen LogP contribution in [0.4, 0.5) is 8.78 Å². The predicted octanol–water partition coefficient (Wildman–Crippen LogP) is 4.17. The summed E-state index contributed by atoms with van der Waals surface area (Å²) < 4.78 is 26.2. The van der Waals surface area contributed by atoms with Crippen LogP contribution in [-0.4, -0.2) is 19.6 Å². The van der Waals surface area contributed by atoms with Gasteiger partial charge in [0, 0.05) is 6.20 Å². The molecule has 0 amide bonds. The summed E-state index contributed by atoms with van der Waals surface area (Å²) in [6.07, 6.45) is 4.04. The molecule has 0 unspecified atom stereocenters. The van der Waals surface area contributed by atoms with Crippen LogP contribution in [0.25, 0.3) is 5.69 Å². The van der Waals surface area contributed by atoms with E-state index in [1.54, 1.807) is 12.3 Å². The van der Waals surface area contributed by atoms with Gasteiger partial charge in [-0.25, -0.2) is 9.36 Å². The van der Waals surface area contributed by atoms with E-state index in [1.807, 2.05) is 27.7 Å². The number of hydrogen-bond acceptors (Lipinski definition) is 2. The standard InChI is InChI=1S/C7H5ClF2N4.2C2H6/c8-6-1-2-13(12-6)5-3-11-14(4-5)7(9)10;2*1-2/h1-4,7H;2*1-2H3. The van der Waals surface area contributed by atoms with Crippen LogP contribution in [-0.2, 0) is 0 Å². The molecule has 0 N–H and O–H groups in total. The maximum Gasteiger partial charge on any atom is 0.333 e. The van der Waals surface area contributed by atoms with E-state index in [-0.39, 0.29) is 0 Å². The average Bonchev–Trinajstić information content (AvgIpc) is 3.02. The quantitative estimate of drug-likeness (QED) is 0.826. The summed E-state index contributed by atoms with van der Waals surface area (Å²) in [4.78, 5) is 0. The highest BCUT2D eigenvalue weighted by atomic mass is 35.5. The number of aromatic nitrogens is 4. The number of alkyl halides is 2. The van der Waals surface area contributed by atoms with Crippen molar-refractivity contribution in [3.05, 3.63) is 29.8 Å². The van der Waals surface area contributed by atoms with E-state index in [1.165, 1.54) is 17.1 Å². The molecule has 0 saturated carbocycles. The minimum atomic E-state index is -2.64. The van der Waals surface area contributed by atoms with Crippen LogP contribution in [0.15, 0.2) is 24.7 Å². The van der Waals surface area contributed by atoms with E-state index in [9.17, 15) is 8.78 Å². The molecule has 102 valence electrons. The van der Waals surface area contributed by atoms with Crippen LogP contribution in [0, 0.1) is 0 Å². The first-order chi connectivity index (χ1) is 8.66. The molecule has 2 rings (SSSR count). The zero-order valence-corrected chi connectivity index (χ0v) is 11.6. The topological polar surface area (TPSA) is 35.6 Å². The molecule has 0 fully saturated rings. The largest absolute Gasteiger partial charge is 0.333 e. The highest BCUT2D eigenvalue weighted by Crippen LogP contribution is 2.13.